The lowest BCUT2D eigenvalue weighted by atomic mass is 10.2. The second-order valence-electron chi connectivity index (χ2n) is 3.48. The Balaban J connectivity index is 2.13. The first-order chi connectivity index (χ1) is 6.25. The van der Waals surface area contributed by atoms with Crippen LogP contribution in [0.3, 0.4) is 0 Å². The average molecular weight is 178 g/mol. The van der Waals surface area contributed by atoms with Gasteiger partial charge in [-0.1, -0.05) is 0 Å². The third kappa shape index (κ3) is 1.75. The summed E-state index contributed by atoms with van der Waals surface area (Å²) in [6.45, 7) is 1.68. The van der Waals surface area contributed by atoms with E-state index in [1.807, 2.05) is 24.3 Å². The van der Waals surface area contributed by atoms with Gasteiger partial charge >= 0.3 is 0 Å². The quantitative estimate of drug-likeness (QED) is 0.626. The Morgan fingerprint density at radius 1 is 1.31 bits per heavy atom. The molecule has 0 radical (unpaired) electrons. The van der Waals surface area contributed by atoms with Gasteiger partial charge in [0.05, 0.1) is 6.10 Å². The predicted molar refractivity (Wildman–Crippen MR) is 53.7 cm³/mol. The molecule has 0 saturated carbocycles. The van der Waals surface area contributed by atoms with Gasteiger partial charge in [-0.15, -0.1) is 0 Å². The van der Waals surface area contributed by atoms with Crippen molar-refractivity contribution in [3.63, 3.8) is 0 Å². The smallest absolute Gasteiger partial charge is 0.0731 e. The van der Waals surface area contributed by atoms with E-state index in [9.17, 15) is 5.11 Å². The van der Waals surface area contributed by atoms with Crippen LogP contribution in [0.15, 0.2) is 24.3 Å². The highest BCUT2D eigenvalue weighted by Gasteiger charge is 2.19. The number of rotatable bonds is 1. The molecule has 1 heterocycles. The third-order valence-corrected chi connectivity index (χ3v) is 2.42. The Kier molecular flexibility index (Phi) is 2.10. The summed E-state index contributed by atoms with van der Waals surface area (Å²) >= 11 is 0. The number of nitrogens with zero attached hydrogens (tertiary/aromatic N) is 1. The Hall–Kier alpha value is -1.22. The van der Waals surface area contributed by atoms with Crippen molar-refractivity contribution in [3.8, 4) is 0 Å². The van der Waals surface area contributed by atoms with Crippen LogP contribution in [0.4, 0.5) is 11.4 Å². The van der Waals surface area contributed by atoms with Crippen LogP contribution in [-0.2, 0) is 0 Å². The maximum absolute atomic E-state index is 9.35. The van der Waals surface area contributed by atoms with Crippen molar-refractivity contribution in [3.05, 3.63) is 24.3 Å². The largest absolute Gasteiger partial charge is 0.399 e. The van der Waals surface area contributed by atoms with Crippen LogP contribution in [0.5, 0.6) is 0 Å². The Labute approximate surface area is 77.8 Å². The van der Waals surface area contributed by atoms with Crippen LogP contribution >= 0.6 is 0 Å². The van der Waals surface area contributed by atoms with Crippen molar-refractivity contribution in [2.45, 2.75) is 12.5 Å². The lowest BCUT2D eigenvalue weighted by molar-refractivity contribution is 0.198. The first-order valence-corrected chi connectivity index (χ1v) is 4.54. The van der Waals surface area contributed by atoms with Crippen molar-refractivity contribution >= 4 is 11.4 Å². The third-order valence-electron chi connectivity index (χ3n) is 2.42. The summed E-state index contributed by atoms with van der Waals surface area (Å²) < 4.78 is 0. The molecular weight excluding hydrogens is 164 g/mol. The van der Waals surface area contributed by atoms with Crippen LogP contribution in [0, 0.1) is 0 Å². The van der Waals surface area contributed by atoms with Gasteiger partial charge in [-0.2, -0.15) is 0 Å². The molecule has 0 spiro atoms. The summed E-state index contributed by atoms with van der Waals surface area (Å²) in [4.78, 5) is 2.17. The maximum Gasteiger partial charge on any atom is 0.0731 e. The molecule has 13 heavy (non-hydrogen) atoms. The predicted octanol–water partition coefficient (Wildman–Crippen LogP) is 0.840. The van der Waals surface area contributed by atoms with E-state index in [0.29, 0.717) is 0 Å². The first kappa shape index (κ1) is 8.38. The van der Waals surface area contributed by atoms with Crippen molar-refractivity contribution < 1.29 is 5.11 Å². The van der Waals surface area contributed by atoms with Gasteiger partial charge in [0, 0.05) is 24.5 Å². The molecule has 70 valence electrons. The van der Waals surface area contributed by atoms with E-state index in [-0.39, 0.29) is 6.10 Å². The molecule has 3 nitrogen and oxygen atoms in total. The number of hydrogen-bond donors (Lipinski definition) is 2. The molecule has 3 N–H and O–H groups in total. The highest BCUT2D eigenvalue weighted by molar-refractivity contribution is 5.53. The lowest BCUT2D eigenvalue weighted by Gasteiger charge is -2.17. The van der Waals surface area contributed by atoms with Crippen molar-refractivity contribution in [2.75, 3.05) is 23.7 Å². The fraction of sp³-hybridized carbons (Fsp3) is 0.400. The minimum Gasteiger partial charge on any atom is -0.399 e. The molecule has 2 rings (SSSR count). The molecule has 0 bridgehead atoms. The number of aliphatic hydroxyl groups is 1. The molecule has 1 fully saturated rings. The van der Waals surface area contributed by atoms with Crippen molar-refractivity contribution in [1.29, 1.82) is 0 Å². The second-order valence-corrected chi connectivity index (χ2v) is 3.48. The molecule has 1 saturated heterocycles. The van der Waals surface area contributed by atoms with Gasteiger partial charge in [0.25, 0.3) is 0 Å². The van der Waals surface area contributed by atoms with E-state index in [2.05, 4.69) is 4.90 Å². The fourth-order valence-electron chi connectivity index (χ4n) is 1.66. The van der Waals surface area contributed by atoms with Gasteiger partial charge in [-0.25, -0.2) is 0 Å². The Morgan fingerprint density at radius 2 is 2.00 bits per heavy atom. The maximum atomic E-state index is 9.35. The molecule has 1 aliphatic rings. The summed E-state index contributed by atoms with van der Waals surface area (Å²) in [7, 11) is 0. The van der Waals surface area contributed by atoms with Gasteiger partial charge in [-0.05, 0) is 30.7 Å². The van der Waals surface area contributed by atoms with Crippen LogP contribution in [0.2, 0.25) is 0 Å². The van der Waals surface area contributed by atoms with Gasteiger partial charge in [0.15, 0.2) is 0 Å². The first-order valence-electron chi connectivity index (χ1n) is 4.54. The van der Waals surface area contributed by atoms with Crippen LogP contribution in [0.1, 0.15) is 6.42 Å². The van der Waals surface area contributed by atoms with Crippen LogP contribution in [-0.4, -0.2) is 24.3 Å². The number of nitrogens with two attached hydrogens (primary N) is 1. The molecule has 1 aromatic carbocycles. The zero-order valence-corrected chi connectivity index (χ0v) is 7.48. The summed E-state index contributed by atoms with van der Waals surface area (Å²) in [5.74, 6) is 0. The molecule has 0 unspecified atom stereocenters. The van der Waals surface area contributed by atoms with E-state index in [4.69, 9.17) is 5.73 Å². The molecule has 0 aromatic heterocycles. The monoisotopic (exact) mass is 178 g/mol. The highest BCUT2D eigenvalue weighted by Crippen LogP contribution is 2.21. The van der Waals surface area contributed by atoms with Crippen molar-refractivity contribution in [1.82, 2.24) is 0 Å². The van der Waals surface area contributed by atoms with E-state index < -0.39 is 0 Å². The van der Waals surface area contributed by atoms with Gasteiger partial charge < -0.3 is 15.7 Å². The van der Waals surface area contributed by atoms with Crippen molar-refractivity contribution in [2.24, 2.45) is 0 Å². The Bertz CT molecular complexity index is 283. The summed E-state index contributed by atoms with van der Waals surface area (Å²) in [5, 5.41) is 9.35. The molecule has 1 aromatic rings. The van der Waals surface area contributed by atoms with E-state index >= 15 is 0 Å². The zero-order valence-electron chi connectivity index (χ0n) is 7.48. The summed E-state index contributed by atoms with van der Waals surface area (Å²) in [6.07, 6.45) is 0.697. The summed E-state index contributed by atoms with van der Waals surface area (Å²) in [5.41, 5.74) is 7.51. The topological polar surface area (TPSA) is 49.5 Å². The van der Waals surface area contributed by atoms with E-state index in [0.717, 1.165) is 30.9 Å². The van der Waals surface area contributed by atoms with E-state index in [1.165, 1.54) is 0 Å². The average Bonchev–Trinajstić information content (AvgIpc) is 2.53. The highest BCUT2D eigenvalue weighted by atomic mass is 16.3. The van der Waals surface area contributed by atoms with Gasteiger partial charge in [-0.3, -0.25) is 0 Å². The lowest BCUT2D eigenvalue weighted by Crippen LogP contribution is -2.20. The fourth-order valence-corrected chi connectivity index (χ4v) is 1.66. The number of anilines is 2. The zero-order chi connectivity index (χ0) is 9.26. The number of aliphatic hydroxyl groups excluding tert-OH is 1. The molecule has 3 heteroatoms. The summed E-state index contributed by atoms with van der Waals surface area (Å²) in [6, 6.07) is 7.76. The van der Waals surface area contributed by atoms with Gasteiger partial charge in [0.2, 0.25) is 0 Å². The molecule has 1 atom stereocenters. The molecule has 1 aliphatic heterocycles. The number of nitrogen functional groups attached to an aromatic ring is 1. The van der Waals surface area contributed by atoms with E-state index in [1.54, 1.807) is 0 Å². The number of hydrogen-bond acceptors (Lipinski definition) is 3. The molecule has 0 amide bonds. The van der Waals surface area contributed by atoms with Crippen LogP contribution < -0.4 is 10.6 Å². The molecule has 0 aliphatic carbocycles. The van der Waals surface area contributed by atoms with Crippen LogP contribution in [0.25, 0.3) is 0 Å². The SMILES string of the molecule is Nc1ccc(N2CC[C@H](O)C2)cc1. The minimum atomic E-state index is -0.169. The standard InChI is InChI=1S/C10H14N2O/c11-8-1-3-9(4-2-8)12-6-5-10(13)7-12/h1-4,10,13H,5-7,11H2/t10-/m0/s1. The Morgan fingerprint density at radius 3 is 2.54 bits per heavy atom. The normalized spacial score (nSPS) is 22.2. The minimum absolute atomic E-state index is 0.169. The number of β-amino-alcohol motifs (C(OH)–C–C–N with tert-alkyl or cyclic N) is 1. The van der Waals surface area contributed by atoms with Gasteiger partial charge in [0.1, 0.15) is 0 Å². The molecular formula is C10H14N2O. The number of benzene rings is 1. The second kappa shape index (κ2) is 3.26.